The molecule has 1 amide bonds. The van der Waals surface area contributed by atoms with Gasteiger partial charge in [-0.05, 0) is 61.2 Å². The van der Waals surface area contributed by atoms with E-state index in [1.54, 1.807) is 23.1 Å². The molecular weight excluding hydrogens is 355 g/mol. The van der Waals surface area contributed by atoms with Crippen LogP contribution in [0.3, 0.4) is 0 Å². The molecule has 0 atom stereocenters. The van der Waals surface area contributed by atoms with Crippen molar-refractivity contribution < 1.29 is 9.18 Å². The van der Waals surface area contributed by atoms with Crippen LogP contribution in [0.25, 0.3) is 0 Å². The molecule has 3 aromatic rings. The number of hydrogen-bond donors (Lipinski definition) is 1. The van der Waals surface area contributed by atoms with Gasteiger partial charge >= 0.3 is 0 Å². The van der Waals surface area contributed by atoms with Gasteiger partial charge in [-0.1, -0.05) is 12.1 Å². The lowest BCUT2D eigenvalue weighted by molar-refractivity contribution is 0.102. The Bertz CT molecular complexity index is 945. The highest BCUT2D eigenvalue weighted by Gasteiger charge is 2.12. The molecule has 6 heteroatoms. The number of rotatable bonds is 5. The summed E-state index contributed by atoms with van der Waals surface area (Å²) < 4.78 is 15.0. The summed E-state index contributed by atoms with van der Waals surface area (Å²) >= 11 is 0. The molecule has 4 rings (SSSR count). The van der Waals surface area contributed by atoms with Crippen LogP contribution in [-0.2, 0) is 6.54 Å². The zero-order chi connectivity index (χ0) is 19.3. The van der Waals surface area contributed by atoms with E-state index >= 15 is 0 Å². The van der Waals surface area contributed by atoms with Gasteiger partial charge in [0.2, 0.25) is 0 Å². The second-order valence-corrected chi connectivity index (χ2v) is 7.11. The van der Waals surface area contributed by atoms with Crippen molar-refractivity contribution in [3.8, 4) is 0 Å². The first-order valence-corrected chi connectivity index (χ1v) is 9.61. The average molecular weight is 378 g/mol. The molecule has 5 nitrogen and oxygen atoms in total. The molecule has 1 saturated heterocycles. The van der Waals surface area contributed by atoms with Crippen LogP contribution in [0.2, 0.25) is 0 Å². The standard InChI is InChI=1S/C22H23FN4O/c23-19-6-4-5-17(13-19)15-27-16-20(14-24-27)25-22(28)18-7-9-21(10-8-18)26-11-2-1-3-12-26/h4-10,13-14,16H,1-3,11-12,15H2,(H,25,28). The van der Waals surface area contributed by atoms with Crippen molar-refractivity contribution in [2.24, 2.45) is 0 Å². The highest BCUT2D eigenvalue weighted by atomic mass is 19.1. The van der Waals surface area contributed by atoms with E-state index in [0.29, 0.717) is 17.8 Å². The minimum Gasteiger partial charge on any atom is -0.372 e. The van der Waals surface area contributed by atoms with Crippen LogP contribution in [0.4, 0.5) is 15.8 Å². The van der Waals surface area contributed by atoms with Crippen molar-refractivity contribution in [1.82, 2.24) is 9.78 Å². The quantitative estimate of drug-likeness (QED) is 0.720. The second-order valence-electron chi connectivity index (χ2n) is 7.11. The number of nitrogens with one attached hydrogen (secondary N) is 1. The maximum absolute atomic E-state index is 13.3. The van der Waals surface area contributed by atoms with Crippen LogP contribution >= 0.6 is 0 Å². The molecule has 1 aliphatic heterocycles. The van der Waals surface area contributed by atoms with Gasteiger partial charge in [0.1, 0.15) is 5.82 Å². The molecule has 0 aliphatic carbocycles. The fraction of sp³-hybridized carbons (Fsp3) is 0.273. The van der Waals surface area contributed by atoms with E-state index in [0.717, 1.165) is 18.7 Å². The van der Waals surface area contributed by atoms with E-state index in [1.807, 2.05) is 30.3 Å². The summed E-state index contributed by atoms with van der Waals surface area (Å²) in [6.45, 7) is 2.60. The largest absolute Gasteiger partial charge is 0.372 e. The summed E-state index contributed by atoms with van der Waals surface area (Å²) in [7, 11) is 0. The average Bonchev–Trinajstić information content (AvgIpc) is 3.15. The summed E-state index contributed by atoms with van der Waals surface area (Å²) in [5.41, 5.74) is 3.20. The Kier molecular flexibility index (Phi) is 5.37. The number of halogens is 1. The van der Waals surface area contributed by atoms with Crippen LogP contribution in [0.15, 0.2) is 60.9 Å². The van der Waals surface area contributed by atoms with Crippen molar-refractivity contribution in [3.05, 3.63) is 77.9 Å². The van der Waals surface area contributed by atoms with E-state index in [1.165, 1.54) is 37.1 Å². The molecule has 0 spiro atoms. The first-order chi connectivity index (χ1) is 13.7. The number of carbonyl (C=O) groups is 1. The first-order valence-electron chi connectivity index (χ1n) is 9.61. The van der Waals surface area contributed by atoms with Crippen LogP contribution in [0.1, 0.15) is 35.2 Å². The Hall–Kier alpha value is -3.15. The molecule has 0 unspecified atom stereocenters. The number of benzene rings is 2. The van der Waals surface area contributed by atoms with E-state index < -0.39 is 0 Å². The lowest BCUT2D eigenvalue weighted by Crippen LogP contribution is -2.29. The number of amides is 1. The number of hydrogen-bond acceptors (Lipinski definition) is 3. The fourth-order valence-corrected chi connectivity index (χ4v) is 3.52. The van der Waals surface area contributed by atoms with Crippen molar-refractivity contribution in [2.45, 2.75) is 25.8 Å². The molecule has 1 fully saturated rings. The predicted molar refractivity (Wildman–Crippen MR) is 108 cm³/mol. The smallest absolute Gasteiger partial charge is 0.255 e. The topological polar surface area (TPSA) is 50.2 Å². The minimum atomic E-state index is -0.272. The maximum atomic E-state index is 13.3. The minimum absolute atomic E-state index is 0.171. The Morgan fingerprint density at radius 1 is 1.07 bits per heavy atom. The van der Waals surface area contributed by atoms with Gasteiger partial charge in [-0.25, -0.2) is 4.39 Å². The third-order valence-corrected chi connectivity index (χ3v) is 4.98. The highest BCUT2D eigenvalue weighted by Crippen LogP contribution is 2.20. The van der Waals surface area contributed by atoms with Gasteiger partial charge in [0, 0.05) is 30.5 Å². The molecule has 1 N–H and O–H groups in total. The van der Waals surface area contributed by atoms with Crippen LogP contribution in [-0.4, -0.2) is 28.8 Å². The van der Waals surface area contributed by atoms with Gasteiger partial charge in [-0.15, -0.1) is 0 Å². The summed E-state index contributed by atoms with van der Waals surface area (Å²) in [5.74, 6) is -0.443. The lowest BCUT2D eigenvalue weighted by Gasteiger charge is -2.28. The fourth-order valence-electron chi connectivity index (χ4n) is 3.52. The maximum Gasteiger partial charge on any atom is 0.255 e. The summed E-state index contributed by atoms with van der Waals surface area (Å²) in [6.07, 6.45) is 7.08. The number of carbonyl (C=O) groups excluding carboxylic acids is 1. The van der Waals surface area contributed by atoms with Crippen molar-refractivity contribution >= 4 is 17.3 Å². The van der Waals surface area contributed by atoms with Gasteiger partial charge in [0.15, 0.2) is 0 Å². The van der Waals surface area contributed by atoms with Crippen molar-refractivity contribution in [3.63, 3.8) is 0 Å². The Labute approximate surface area is 163 Å². The Morgan fingerprint density at radius 2 is 1.86 bits per heavy atom. The third kappa shape index (κ3) is 4.39. The summed E-state index contributed by atoms with van der Waals surface area (Å²) in [5, 5.41) is 7.10. The van der Waals surface area contributed by atoms with E-state index in [-0.39, 0.29) is 11.7 Å². The monoisotopic (exact) mass is 378 g/mol. The molecule has 2 heterocycles. The van der Waals surface area contributed by atoms with Gasteiger partial charge in [-0.2, -0.15) is 5.10 Å². The Morgan fingerprint density at radius 3 is 2.61 bits per heavy atom. The van der Waals surface area contributed by atoms with E-state index in [4.69, 9.17) is 0 Å². The molecule has 1 aromatic heterocycles. The van der Waals surface area contributed by atoms with Crippen molar-refractivity contribution in [1.29, 1.82) is 0 Å². The molecule has 2 aromatic carbocycles. The first kappa shape index (κ1) is 18.2. The Balaban J connectivity index is 1.37. The summed E-state index contributed by atoms with van der Waals surface area (Å²) in [6, 6.07) is 14.1. The highest BCUT2D eigenvalue weighted by molar-refractivity contribution is 6.04. The number of anilines is 2. The zero-order valence-electron chi connectivity index (χ0n) is 15.6. The normalized spacial score (nSPS) is 14.1. The lowest BCUT2D eigenvalue weighted by atomic mass is 10.1. The molecule has 0 radical (unpaired) electrons. The van der Waals surface area contributed by atoms with Crippen molar-refractivity contribution in [2.75, 3.05) is 23.3 Å². The SMILES string of the molecule is O=C(Nc1cnn(Cc2cccc(F)c2)c1)c1ccc(N2CCCCC2)cc1. The van der Waals surface area contributed by atoms with Gasteiger partial charge < -0.3 is 10.2 Å². The van der Waals surface area contributed by atoms with Crippen LogP contribution in [0, 0.1) is 5.82 Å². The molecular formula is C22H23FN4O. The van der Waals surface area contributed by atoms with Gasteiger partial charge in [-0.3, -0.25) is 9.48 Å². The van der Waals surface area contributed by atoms with Gasteiger partial charge in [0.25, 0.3) is 5.91 Å². The predicted octanol–water partition coefficient (Wildman–Crippen LogP) is 4.31. The molecule has 0 saturated carbocycles. The number of aromatic nitrogens is 2. The molecule has 28 heavy (non-hydrogen) atoms. The second kappa shape index (κ2) is 8.25. The van der Waals surface area contributed by atoms with E-state index in [9.17, 15) is 9.18 Å². The van der Waals surface area contributed by atoms with Gasteiger partial charge in [0.05, 0.1) is 18.4 Å². The van der Waals surface area contributed by atoms with Crippen LogP contribution < -0.4 is 10.2 Å². The number of piperidine rings is 1. The molecule has 1 aliphatic rings. The number of nitrogens with zero attached hydrogens (tertiary/aromatic N) is 3. The zero-order valence-corrected chi connectivity index (χ0v) is 15.6. The third-order valence-electron chi connectivity index (χ3n) is 4.98. The molecule has 144 valence electrons. The van der Waals surface area contributed by atoms with Crippen LogP contribution in [0.5, 0.6) is 0 Å². The summed E-state index contributed by atoms with van der Waals surface area (Å²) in [4.78, 5) is 14.9. The van der Waals surface area contributed by atoms with E-state index in [2.05, 4.69) is 15.3 Å². The molecule has 0 bridgehead atoms.